The molecule has 0 spiro atoms. The zero-order chi connectivity index (χ0) is 11.8. The fourth-order valence-electron chi connectivity index (χ4n) is 2.77. The van der Waals surface area contributed by atoms with E-state index in [-0.39, 0.29) is 0 Å². The van der Waals surface area contributed by atoms with Gasteiger partial charge in [0, 0.05) is 23.5 Å². The fraction of sp³-hybridized carbons (Fsp3) is 0.400. The molecule has 1 unspecified atom stereocenters. The molecule has 88 valence electrons. The van der Waals surface area contributed by atoms with E-state index in [1.165, 1.54) is 22.7 Å². The normalized spacial score (nSPS) is 21.8. The van der Waals surface area contributed by atoms with Gasteiger partial charge in [0.15, 0.2) is 0 Å². The number of aliphatic imine (C=N–C) groups is 1. The number of fused-ring (bicyclic) bond motifs is 3. The second-order valence-electron chi connectivity index (χ2n) is 4.65. The van der Waals surface area contributed by atoms with Crippen molar-refractivity contribution >= 4 is 11.4 Å². The Morgan fingerprint density at radius 3 is 2.82 bits per heavy atom. The topological polar surface area (TPSA) is 15.6 Å². The Kier molecular flexibility index (Phi) is 2.50. The summed E-state index contributed by atoms with van der Waals surface area (Å²) in [5, 5.41) is 0. The highest BCUT2D eigenvalue weighted by Gasteiger charge is 2.32. The third-order valence-corrected chi connectivity index (χ3v) is 3.63. The minimum absolute atomic E-state index is 0.308. The molecule has 1 aromatic rings. The number of anilines is 1. The zero-order valence-electron chi connectivity index (χ0n) is 10.5. The summed E-state index contributed by atoms with van der Waals surface area (Å²) in [6, 6.07) is 8.68. The van der Waals surface area contributed by atoms with Crippen LogP contribution < -0.4 is 4.90 Å². The average molecular weight is 226 g/mol. The lowest BCUT2D eigenvalue weighted by molar-refractivity contribution is 0.677. The number of hydrogen-bond donors (Lipinski definition) is 0. The highest BCUT2D eigenvalue weighted by atomic mass is 15.3. The summed E-state index contributed by atoms with van der Waals surface area (Å²) in [7, 11) is 0. The van der Waals surface area contributed by atoms with Gasteiger partial charge in [0.05, 0.1) is 0 Å². The number of rotatable bonds is 2. The Bertz CT molecular complexity index is 499. The summed E-state index contributed by atoms with van der Waals surface area (Å²) >= 11 is 0. The summed E-state index contributed by atoms with van der Waals surface area (Å²) in [5.74, 6) is 0. The van der Waals surface area contributed by atoms with Crippen LogP contribution in [-0.4, -0.2) is 11.9 Å². The molecule has 0 N–H and O–H groups in total. The van der Waals surface area contributed by atoms with Crippen molar-refractivity contribution in [3.63, 3.8) is 0 Å². The van der Waals surface area contributed by atoms with Crippen molar-refractivity contribution in [2.24, 2.45) is 4.99 Å². The van der Waals surface area contributed by atoms with Gasteiger partial charge in [0.1, 0.15) is 6.17 Å². The van der Waals surface area contributed by atoms with Gasteiger partial charge in [-0.15, -0.1) is 0 Å². The maximum atomic E-state index is 4.84. The van der Waals surface area contributed by atoms with Crippen LogP contribution in [0.5, 0.6) is 0 Å². The number of hydrogen-bond acceptors (Lipinski definition) is 2. The van der Waals surface area contributed by atoms with Gasteiger partial charge >= 0.3 is 0 Å². The first-order chi connectivity index (χ1) is 8.33. The minimum Gasteiger partial charge on any atom is -0.322 e. The van der Waals surface area contributed by atoms with Crippen LogP contribution in [-0.2, 0) is 6.42 Å². The number of para-hydroxylation sites is 1. The molecule has 0 bridgehead atoms. The lowest BCUT2D eigenvalue weighted by Crippen LogP contribution is -2.33. The molecule has 0 amide bonds. The molecule has 0 aliphatic carbocycles. The molecule has 0 radical (unpaired) electrons. The van der Waals surface area contributed by atoms with Gasteiger partial charge in [-0.2, -0.15) is 0 Å². The van der Waals surface area contributed by atoms with Crippen LogP contribution in [0.1, 0.15) is 32.3 Å². The van der Waals surface area contributed by atoms with E-state index in [1.807, 2.05) is 0 Å². The van der Waals surface area contributed by atoms with Crippen molar-refractivity contribution in [2.45, 2.75) is 39.3 Å². The average Bonchev–Trinajstić information content (AvgIpc) is 2.75. The monoisotopic (exact) mass is 226 g/mol. The molecule has 0 saturated heterocycles. The van der Waals surface area contributed by atoms with Gasteiger partial charge in [-0.1, -0.05) is 32.0 Å². The predicted octanol–water partition coefficient (Wildman–Crippen LogP) is 3.53. The number of benzene rings is 1. The Morgan fingerprint density at radius 1 is 1.24 bits per heavy atom. The first kappa shape index (κ1) is 10.6. The molecule has 0 fully saturated rings. The van der Waals surface area contributed by atoms with Crippen molar-refractivity contribution in [2.75, 3.05) is 4.90 Å². The Labute approximate surface area is 103 Å². The smallest absolute Gasteiger partial charge is 0.129 e. The van der Waals surface area contributed by atoms with E-state index in [4.69, 9.17) is 4.99 Å². The third kappa shape index (κ3) is 1.59. The molecular weight excluding hydrogens is 208 g/mol. The van der Waals surface area contributed by atoms with Crippen molar-refractivity contribution in [3.05, 3.63) is 41.6 Å². The fourth-order valence-corrected chi connectivity index (χ4v) is 2.77. The highest BCUT2D eigenvalue weighted by molar-refractivity contribution is 5.97. The SMILES string of the molecule is CCC1=CC(CC)=NC2Cc3ccccc3N12. The van der Waals surface area contributed by atoms with Crippen LogP contribution in [0, 0.1) is 0 Å². The number of nitrogens with zero attached hydrogens (tertiary/aromatic N) is 2. The summed E-state index contributed by atoms with van der Waals surface area (Å²) in [6.07, 6.45) is 5.73. The second-order valence-corrected chi connectivity index (χ2v) is 4.65. The van der Waals surface area contributed by atoms with Crippen molar-refractivity contribution in [1.82, 2.24) is 0 Å². The van der Waals surface area contributed by atoms with E-state index < -0.39 is 0 Å². The molecule has 2 heteroatoms. The van der Waals surface area contributed by atoms with Crippen LogP contribution in [0.25, 0.3) is 0 Å². The van der Waals surface area contributed by atoms with Gasteiger partial charge in [-0.3, -0.25) is 4.99 Å². The largest absolute Gasteiger partial charge is 0.322 e. The van der Waals surface area contributed by atoms with Crippen molar-refractivity contribution in [3.8, 4) is 0 Å². The first-order valence-electron chi connectivity index (χ1n) is 6.48. The third-order valence-electron chi connectivity index (χ3n) is 3.63. The maximum Gasteiger partial charge on any atom is 0.129 e. The van der Waals surface area contributed by atoms with E-state index >= 15 is 0 Å². The van der Waals surface area contributed by atoms with Crippen LogP contribution >= 0.6 is 0 Å². The lowest BCUT2D eigenvalue weighted by Gasteiger charge is -2.31. The standard InChI is InChI=1S/C15H18N2/c1-3-12-10-13(4-2)17-14-8-6-5-7-11(14)9-15(17)16-12/h5-8,10,15H,3-4,9H2,1-2H3. The van der Waals surface area contributed by atoms with Crippen LogP contribution in [0.15, 0.2) is 41.0 Å². The molecule has 3 rings (SSSR count). The van der Waals surface area contributed by atoms with Crippen molar-refractivity contribution in [1.29, 1.82) is 0 Å². The van der Waals surface area contributed by atoms with Gasteiger partial charge in [0.2, 0.25) is 0 Å². The van der Waals surface area contributed by atoms with Gasteiger partial charge < -0.3 is 4.90 Å². The molecule has 1 atom stereocenters. The van der Waals surface area contributed by atoms with E-state index in [9.17, 15) is 0 Å². The molecule has 0 saturated carbocycles. The zero-order valence-corrected chi connectivity index (χ0v) is 10.5. The van der Waals surface area contributed by atoms with Crippen molar-refractivity contribution < 1.29 is 0 Å². The van der Waals surface area contributed by atoms with E-state index in [0.717, 1.165) is 19.3 Å². The van der Waals surface area contributed by atoms with Gasteiger partial charge in [0.25, 0.3) is 0 Å². The summed E-state index contributed by atoms with van der Waals surface area (Å²) in [5.41, 5.74) is 5.44. The van der Waals surface area contributed by atoms with E-state index in [0.29, 0.717) is 6.17 Å². The van der Waals surface area contributed by atoms with Crippen LogP contribution in [0.3, 0.4) is 0 Å². The molecule has 0 aromatic heterocycles. The number of allylic oxidation sites excluding steroid dienone is 2. The molecule has 2 aliphatic rings. The Morgan fingerprint density at radius 2 is 2.06 bits per heavy atom. The lowest BCUT2D eigenvalue weighted by atomic mass is 10.1. The summed E-state index contributed by atoms with van der Waals surface area (Å²) in [6.45, 7) is 4.41. The predicted molar refractivity (Wildman–Crippen MR) is 72.5 cm³/mol. The Hall–Kier alpha value is -1.57. The van der Waals surface area contributed by atoms with Gasteiger partial charge in [-0.05, 0) is 30.5 Å². The second kappa shape index (κ2) is 4.02. The summed E-state index contributed by atoms with van der Waals surface area (Å²) < 4.78 is 0. The first-order valence-corrected chi connectivity index (χ1v) is 6.48. The van der Waals surface area contributed by atoms with E-state index in [2.05, 4.69) is 49.1 Å². The van der Waals surface area contributed by atoms with Crippen LogP contribution in [0.2, 0.25) is 0 Å². The Balaban J connectivity index is 2.06. The molecule has 2 heterocycles. The molecular formula is C15H18N2. The quantitative estimate of drug-likeness (QED) is 0.753. The molecule has 2 aliphatic heterocycles. The molecule has 1 aromatic carbocycles. The molecule has 2 nitrogen and oxygen atoms in total. The van der Waals surface area contributed by atoms with Gasteiger partial charge in [-0.25, -0.2) is 0 Å². The summed E-state index contributed by atoms with van der Waals surface area (Å²) in [4.78, 5) is 7.25. The highest BCUT2D eigenvalue weighted by Crippen LogP contribution is 2.38. The van der Waals surface area contributed by atoms with E-state index in [1.54, 1.807) is 0 Å². The maximum absolute atomic E-state index is 4.84. The van der Waals surface area contributed by atoms with Crippen LogP contribution in [0.4, 0.5) is 5.69 Å². The molecule has 17 heavy (non-hydrogen) atoms. The minimum atomic E-state index is 0.308.